The highest BCUT2D eigenvalue weighted by molar-refractivity contribution is 5.55. The molecule has 0 aliphatic rings. The molecule has 2 rings (SSSR count). The SMILES string of the molecule is CN(CCC(F)(F)F)c1nc2ccccn2c1CN. The first-order valence-corrected chi connectivity index (χ1v) is 5.86. The molecule has 0 amide bonds. The van der Waals surface area contributed by atoms with Gasteiger partial charge in [0.15, 0.2) is 5.82 Å². The molecule has 0 spiro atoms. The van der Waals surface area contributed by atoms with E-state index in [0.29, 0.717) is 17.2 Å². The maximum atomic E-state index is 12.2. The number of imidazole rings is 1. The highest BCUT2D eigenvalue weighted by atomic mass is 19.4. The van der Waals surface area contributed by atoms with Gasteiger partial charge in [0.1, 0.15) is 5.65 Å². The number of alkyl halides is 3. The quantitative estimate of drug-likeness (QED) is 0.928. The Kier molecular flexibility index (Phi) is 3.66. The van der Waals surface area contributed by atoms with Crippen molar-refractivity contribution in [1.82, 2.24) is 9.38 Å². The fourth-order valence-corrected chi connectivity index (χ4v) is 1.93. The lowest BCUT2D eigenvalue weighted by molar-refractivity contribution is -0.132. The Morgan fingerprint density at radius 3 is 2.74 bits per heavy atom. The van der Waals surface area contributed by atoms with Crippen molar-refractivity contribution in [3.63, 3.8) is 0 Å². The molecule has 0 unspecified atom stereocenters. The van der Waals surface area contributed by atoms with Gasteiger partial charge >= 0.3 is 6.18 Å². The molecule has 0 aliphatic heterocycles. The van der Waals surface area contributed by atoms with Crippen molar-refractivity contribution in [1.29, 1.82) is 0 Å². The highest BCUT2D eigenvalue weighted by Crippen LogP contribution is 2.24. The van der Waals surface area contributed by atoms with Crippen LogP contribution in [0.2, 0.25) is 0 Å². The highest BCUT2D eigenvalue weighted by Gasteiger charge is 2.28. The number of hydrogen-bond donors (Lipinski definition) is 1. The summed E-state index contributed by atoms with van der Waals surface area (Å²) in [6.07, 6.45) is -3.25. The molecule has 0 radical (unpaired) electrons. The summed E-state index contributed by atoms with van der Waals surface area (Å²) < 4.78 is 38.5. The minimum absolute atomic E-state index is 0.139. The van der Waals surface area contributed by atoms with E-state index >= 15 is 0 Å². The van der Waals surface area contributed by atoms with Crippen molar-refractivity contribution < 1.29 is 13.2 Å². The van der Waals surface area contributed by atoms with Gasteiger partial charge in [-0.2, -0.15) is 13.2 Å². The minimum Gasteiger partial charge on any atom is -0.358 e. The van der Waals surface area contributed by atoms with E-state index in [4.69, 9.17) is 5.73 Å². The molecular weight excluding hydrogens is 257 g/mol. The Balaban J connectivity index is 2.28. The van der Waals surface area contributed by atoms with E-state index in [9.17, 15) is 13.2 Å². The number of anilines is 1. The van der Waals surface area contributed by atoms with Crippen LogP contribution in [0.5, 0.6) is 0 Å². The lowest BCUT2D eigenvalue weighted by Gasteiger charge is -2.18. The van der Waals surface area contributed by atoms with Crippen LogP contribution in [-0.2, 0) is 6.54 Å². The summed E-state index contributed by atoms with van der Waals surface area (Å²) in [5.41, 5.74) is 7.06. The van der Waals surface area contributed by atoms with E-state index < -0.39 is 12.6 Å². The van der Waals surface area contributed by atoms with Crippen molar-refractivity contribution in [3.05, 3.63) is 30.1 Å². The minimum atomic E-state index is -4.17. The van der Waals surface area contributed by atoms with Crippen molar-refractivity contribution >= 4 is 11.5 Å². The molecule has 2 N–H and O–H groups in total. The van der Waals surface area contributed by atoms with Gasteiger partial charge in [-0.05, 0) is 12.1 Å². The number of pyridine rings is 1. The largest absolute Gasteiger partial charge is 0.390 e. The summed E-state index contributed by atoms with van der Waals surface area (Å²) in [5.74, 6) is 0.498. The molecule has 0 saturated carbocycles. The molecule has 2 heterocycles. The summed E-state index contributed by atoms with van der Waals surface area (Å²) in [5, 5.41) is 0. The van der Waals surface area contributed by atoms with Crippen LogP contribution in [0.15, 0.2) is 24.4 Å². The maximum Gasteiger partial charge on any atom is 0.390 e. The zero-order valence-corrected chi connectivity index (χ0v) is 10.5. The lowest BCUT2D eigenvalue weighted by Crippen LogP contribution is -2.25. The van der Waals surface area contributed by atoms with Gasteiger partial charge in [0.2, 0.25) is 0 Å². The maximum absolute atomic E-state index is 12.2. The van der Waals surface area contributed by atoms with E-state index in [1.807, 2.05) is 12.1 Å². The number of fused-ring (bicyclic) bond motifs is 1. The van der Waals surface area contributed by atoms with Crippen molar-refractivity contribution in [2.75, 3.05) is 18.5 Å². The zero-order chi connectivity index (χ0) is 14.0. The predicted octanol–water partition coefficient (Wildman–Crippen LogP) is 2.18. The van der Waals surface area contributed by atoms with Crippen LogP contribution in [0, 0.1) is 0 Å². The van der Waals surface area contributed by atoms with E-state index in [1.54, 1.807) is 23.7 Å². The average Bonchev–Trinajstić information content (AvgIpc) is 2.73. The van der Waals surface area contributed by atoms with Gasteiger partial charge in [-0.25, -0.2) is 4.98 Å². The summed E-state index contributed by atoms with van der Waals surface area (Å²) in [4.78, 5) is 5.81. The Bertz CT molecular complexity index is 562. The molecule has 0 bridgehead atoms. The van der Waals surface area contributed by atoms with Crippen LogP contribution >= 0.6 is 0 Å². The van der Waals surface area contributed by atoms with Gasteiger partial charge in [0, 0.05) is 26.3 Å². The average molecular weight is 272 g/mol. The molecule has 0 fully saturated rings. The molecule has 0 aliphatic carbocycles. The van der Waals surface area contributed by atoms with Gasteiger partial charge in [0.05, 0.1) is 12.1 Å². The smallest absolute Gasteiger partial charge is 0.358 e. The van der Waals surface area contributed by atoms with Gasteiger partial charge in [-0.3, -0.25) is 0 Å². The zero-order valence-electron chi connectivity index (χ0n) is 10.5. The molecule has 7 heteroatoms. The number of hydrogen-bond acceptors (Lipinski definition) is 3. The van der Waals surface area contributed by atoms with Gasteiger partial charge in [0.25, 0.3) is 0 Å². The molecule has 0 atom stereocenters. The van der Waals surface area contributed by atoms with Crippen molar-refractivity contribution in [2.45, 2.75) is 19.1 Å². The summed E-state index contributed by atoms with van der Waals surface area (Å²) in [6, 6.07) is 5.44. The van der Waals surface area contributed by atoms with E-state index in [1.165, 1.54) is 4.90 Å². The number of aromatic nitrogens is 2. The molecule has 104 valence electrons. The normalized spacial score (nSPS) is 12.1. The number of halogens is 3. The Morgan fingerprint density at radius 1 is 1.37 bits per heavy atom. The summed E-state index contributed by atoms with van der Waals surface area (Å²) in [6.45, 7) is 0.0806. The first kappa shape index (κ1) is 13.7. The van der Waals surface area contributed by atoms with Crippen LogP contribution in [0.4, 0.5) is 19.0 Å². The van der Waals surface area contributed by atoms with E-state index in [2.05, 4.69) is 4.98 Å². The second-order valence-corrected chi connectivity index (χ2v) is 4.30. The standard InChI is InChI=1S/C12H15F3N4/c1-18(7-5-12(13,14)15)11-9(8-16)19-6-3-2-4-10(19)17-11/h2-4,6H,5,7-8,16H2,1H3. The first-order valence-electron chi connectivity index (χ1n) is 5.86. The second-order valence-electron chi connectivity index (χ2n) is 4.30. The molecule has 0 saturated heterocycles. The Labute approximate surface area is 108 Å². The number of nitrogens with two attached hydrogens (primary N) is 1. The second kappa shape index (κ2) is 5.08. The van der Waals surface area contributed by atoms with Crippen molar-refractivity contribution in [2.24, 2.45) is 5.73 Å². The molecular formula is C12H15F3N4. The molecule has 0 aromatic carbocycles. The number of nitrogens with zero attached hydrogens (tertiary/aromatic N) is 3. The summed E-state index contributed by atoms with van der Waals surface area (Å²) in [7, 11) is 1.59. The van der Waals surface area contributed by atoms with Gasteiger partial charge in [-0.15, -0.1) is 0 Å². The lowest BCUT2D eigenvalue weighted by atomic mass is 10.3. The van der Waals surface area contributed by atoms with Crippen LogP contribution < -0.4 is 10.6 Å². The third kappa shape index (κ3) is 2.98. The van der Waals surface area contributed by atoms with Crippen LogP contribution in [0.1, 0.15) is 12.1 Å². The van der Waals surface area contributed by atoms with Gasteiger partial charge in [-0.1, -0.05) is 6.07 Å². The molecule has 4 nitrogen and oxygen atoms in total. The Morgan fingerprint density at radius 2 is 2.11 bits per heavy atom. The third-order valence-electron chi connectivity index (χ3n) is 2.89. The molecule has 2 aromatic rings. The molecule has 19 heavy (non-hydrogen) atoms. The van der Waals surface area contributed by atoms with Crippen LogP contribution in [0.3, 0.4) is 0 Å². The predicted molar refractivity (Wildman–Crippen MR) is 67.0 cm³/mol. The van der Waals surface area contributed by atoms with Crippen molar-refractivity contribution in [3.8, 4) is 0 Å². The molecule has 2 aromatic heterocycles. The summed E-state index contributed by atoms with van der Waals surface area (Å²) >= 11 is 0. The van der Waals surface area contributed by atoms with Crippen LogP contribution in [0.25, 0.3) is 5.65 Å². The topological polar surface area (TPSA) is 46.6 Å². The van der Waals surface area contributed by atoms with E-state index in [0.717, 1.165) is 0 Å². The fraction of sp³-hybridized carbons (Fsp3) is 0.417. The third-order valence-corrected chi connectivity index (χ3v) is 2.89. The number of rotatable bonds is 4. The fourth-order valence-electron chi connectivity index (χ4n) is 1.93. The van der Waals surface area contributed by atoms with Crippen LogP contribution in [-0.4, -0.2) is 29.2 Å². The van der Waals surface area contributed by atoms with Gasteiger partial charge < -0.3 is 15.0 Å². The Hall–Kier alpha value is -1.76. The van der Waals surface area contributed by atoms with E-state index in [-0.39, 0.29) is 13.1 Å². The first-order chi connectivity index (χ1) is 8.92. The monoisotopic (exact) mass is 272 g/mol.